The van der Waals surface area contributed by atoms with Crippen LogP contribution in [0.3, 0.4) is 0 Å². The zero-order valence-electron chi connectivity index (χ0n) is 11.7. The first-order valence-corrected chi connectivity index (χ1v) is 7.46. The Labute approximate surface area is 117 Å². The van der Waals surface area contributed by atoms with E-state index in [0.717, 1.165) is 18.8 Å². The standard InChI is InChI=1S/C12H22F3N3S/c1-4-16-10(17-6-5-12(13,14)15)18-7-8-19-11(2,3)9-18/h4-9H2,1-3H3,(H,16,17). The van der Waals surface area contributed by atoms with E-state index in [0.29, 0.717) is 12.5 Å². The third-order valence-corrected chi connectivity index (χ3v) is 4.01. The molecule has 0 atom stereocenters. The molecule has 0 saturated carbocycles. The van der Waals surface area contributed by atoms with Crippen LogP contribution < -0.4 is 5.32 Å². The van der Waals surface area contributed by atoms with Crippen molar-refractivity contribution in [1.82, 2.24) is 10.2 Å². The minimum atomic E-state index is -4.14. The Bertz CT molecular complexity index is 316. The molecule has 0 amide bonds. The van der Waals surface area contributed by atoms with Gasteiger partial charge in [0.2, 0.25) is 0 Å². The summed E-state index contributed by atoms with van der Waals surface area (Å²) in [5.74, 6) is 1.57. The number of halogens is 3. The molecule has 0 aromatic heterocycles. The van der Waals surface area contributed by atoms with E-state index in [1.807, 2.05) is 18.7 Å². The average molecular weight is 297 g/mol. The first-order valence-electron chi connectivity index (χ1n) is 6.47. The van der Waals surface area contributed by atoms with Crippen molar-refractivity contribution in [3.8, 4) is 0 Å². The van der Waals surface area contributed by atoms with Crippen LogP contribution in [-0.2, 0) is 0 Å². The first-order chi connectivity index (χ1) is 8.73. The molecule has 1 heterocycles. The molecule has 0 aromatic carbocycles. The maximum Gasteiger partial charge on any atom is 0.390 e. The van der Waals surface area contributed by atoms with Crippen LogP contribution in [0.25, 0.3) is 0 Å². The molecule has 0 spiro atoms. The van der Waals surface area contributed by atoms with Crippen molar-refractivity contribution in [3.63, 3.8) is 0 Å². The van der Waals surface area contributed by atoms with E-state index in [-0.39, 0.29) is 11.3 Å². The fourth-order valence-electron chi connectivity index (χ4n) is 1.91. The summed E-state index contributed by atoms with van der Waals surface area (Å²) >= 11 is 1.88. The van der Waals surface area contributed by atoms with Crippen LogP contribution in [0, 0.1) is 0 Å². The van der Waals surface area contributed by atoms with Gasteiger partial charge >= 0.3 is 6.18 Å². The summed E-state index contributed by atoms with van der Waals surface area (Å²) < 4.78 is 36.6. The van der Waals surface area contributed by atoms with Gasteiger partial charge in [-0.15, -0.1) is 0 Å². The minimum Gasteiger partial charge on any atom is -0.357 e. The lowest BCUT2D eigenvalue weighted by molar-refractivity contribution is -0.132. The summed E-state index contributed by atoms with van der Waals surface area (Å²) in [6, 6.07) is 0. The zero-order chi connectivity index (χ0) is 14.5. The predicted molar refractivity (Wildman–Crippen MR) is 74.8 cm³/mol. The molecule has 1 aliphatic heterocycles. The molecule has 0 aromatic rings. The highest BCUT2D eigenvalue weighted by atomic mass is 32.2. The molecule has 0 aliphatic carbocycles. The second-order valence-electron chi connectivity index (χ2n) is 5.13. The molecular formula is C12H22F3N3S. The van der Waals surface area contributed by atoms with Gasteiger partial charge in [-0.05, 0) is 20.8 Å². The third-order valence-electron chi connectivity index (χ3n) is 2.72. The maximum atomic E-state index is 12.2. The summed E-state index contributed by atoms with van der Waals surface area (Å²) in [7, 11) is 0. The van der Waals surface area contributed by atoms with Crippen molar-refractivity contribution in [1.29, 1.82) is 0 Å². The monoisotopic (exact) mass is 297 g/mol. The Hall–Kier alpha value is -0.590. The van der Waals surface area contributed by atoms with Gasteiger partial charge in [0.15, 0.2) is 5.96 Å². The average Bonchev–Trinajstić information content (AvgIpc) is 2.25. The van der Waals surface area contributed by atoms with Crippen molar-refractivity contribution < 1.29 is 13.2 Å². The quantitative estimate of drug-likeness (QED) is 0.641. The van der Waals surface area contributed by atoms with Gasteiger partial charge in [0, 0.05) is 30.1 Å². The number of nitrogens with one attached hydrogen (secondary N) is 1. The lowest BCUT2D eigenvalue weighted by Crippen LogP contribution is -2.51. The van der Waals surface area contributed by atoms with Gasteiger partial charge in [-0.3, -0.25) is 4.99 Å². The number of hydrogen-bond acceptors (Lipinski definition) is 2. The third kappa shape index (κ3) is 6.40. The number of aliphatic imine (C=N–C) groups is 1. The number of guanidine groups is 1. The molecule has 0 bridgehead atoms. The van der Waals surface area contributed by atoms with Gasteiger partial charge in [0.25, 0.3) is 0 Å². The van der Waals surface area contributed by atoms with Crippen molar-refractivity contribution in [2.24, 2.45) is 4.99 Å². The van der Waals surface area contributed by atoms with Crippen molar-refractivity contribution in [2.45, 2.75) is 38.1 Å². The van der Waals surface area contributed by atoms with E-state index in [2.05, 4.69) is 29.1 Å². The Kier molecular flexibility index (Phi) is 5.82. The molecule has 1 aliphatic rings. The van der Waals surface area contributed by atoms with Gasteiger partial charge in [-0.2, -0.15) is 24.9 Å². The molecule has 0 unspecified atom stereocenters. The Morgan fingerprint density at radius 1 is 1.42 bits per heavy atom. The molecule has 112 valence electrons. The van der Waals surface area contributed by atoms with Gasteiger partial charge in [-0.25, -0.2) is 0 Å². The van der Waals surface area contributed by atoms with Gasteiger partial charge in [-0.1, -0.05) is 0 Å². The van der Waals surface area contributed by atoms with Crippen molar-refractivity contribution >= 4 is 17.7 Å². The molecule has 1 rings (SSSR count). The van der Waals surface area contributed by atoms with E-state index in [1.54, 1.807) is 0 Å². The second kappa shape index (κ2) is 6.72. The van der Waals surface area contributed by atoms with Crippen LogP contribution in [0.15, 0.2) is 4.99 Å². The Morgan fingerprint density at radius 3 is 2.63 bits per heavy atom. The fourth-order valence-corrected chi connectivity index (χ4v) is 3.02. The van der Waals surface area contributed by atoms with Gasteiger partial charge < -0.3 is 10.2 Å². The summed E-state index contributed by atoms with van der Waals surface area (Å²) in [6.45, 7) is 8.28. The molecule has 1 saturated heterocycles. The van der Waals surface area contributed by atoms with E-state index in [4.69, 9.17) is 0 Å². The predicted octanol–water partition coefficient (Wildman–Crippen LogP) is 2.73. The lowest BCUT2D eigenvalue weighted by atomic mass is 10.2. The van der Waals surface area contributed by atoms with Crippen molar-refractivity contribution in [2.75, 3.05) is 31.9 Å². The number of thioether (sulfide) groups is 1. The smallest absolute Gasteiger partial charge is 0.357 e. The van der Waals surface area contributed by atoms with Gasteiger partial charge in [0.05, 0.1) is 13.0 Å². The molecular weight excluding hydrogens is 275 g/mol. The van der Waals surface area contributed by atoms with Crippen LogP contribution in [0.1, 0.15) is 27.2 Å². The van der Waals surface area contributed by atoms with E-state index in [9.17, 15) is 13.2 Å². The topological polar surface area (TPSA) is 27.6 Å². The summed E-state index contributed by atoms with van der Waals surface area (Å²) in [5, 5.41) is 3.08. The second-order valence-corrected chi connectivity index (χ2v) is 6.93. The number of alkyl halides is 3. The van der Waals surface area contributed by atoms with Crippen LogP contribution in [0.2, 0.25) is 0 Å². The number of hydrogen-bond donors (Lipinski definition) is 1. The minimum absolute atomic E-state index is 0.110. The lowest BCUT2D eigenvalue weighted by Gasteiger charge is -2.39. The molecule has 1 N–H and O–H groups in total. The zero-order valence-corrected chi connectivity index (χ0v) is 12.5. The largest absolute Gasteiger partial charge is 0.390 e. The number of rotatable bonds is 3. The SMILES string of the molecule is CCNC(=NCCC(F)(F)F)N1CCSC(C)(C)C1. The highest BCUT2D eigenvalue weighted by molar-refractivity contribution is 8.00. The summed E-state index contributed by atoms with van der Waals surface area (Å²) in [5.41, 5.74) is 0. The summed E-state index contributed by atoms with van der Waals surface area (Å²) in [6.07, 6.45) is -5.01. The molecule has 19 heavy (non-hydrogen) atoms. The van der Waals surface area contributed by atoms with Crippen LogP contribution in [-0.4, -0.2) is 53.7 Å². The van der Waals surface area contributed by atoms with E-state index >= 15 is 0 Å². The molecule has 0 radical (unpaired) electrons. The Morgan fingerprint density at radius 2 is 2.11 bits per heavy atom. The van der Waals surface area contributed by atoms with E-state index in [1.165, 1.54) is 0 Å². The highest BCUT2D eigenvalue weighted by Crippen LogP contribution is 2.29. The first kappa shape index (κ1) is 16.5. The van der Waals surface area contributed by atoms with E-state index < -0.39 is 12.6 Å². The van der Waals surface area contributed by atoms with Crippen molar-refractivity contribution in [3.05, 3.63) is 0 Å². The van der Waals surface area contributed by atoms with Crippen LogP contribution in [0.5, 0.6) is 0 Å². The molecule has 7 heteroatoms. The maximum absolute atomic E-state index is 12.2. The summed E-state index contributed by atoms with van der Waals surface area (Å²) in [4.78, 5) is 6.14. The van der Waals surface area contributed by atoms with Crippen LogP contribution in [0.4, 0.5) is 13.2 Å². The highest BCUT2D eigenvalue weighted by Gasteiger charge is 2.29. The Balaban J connectivity index is 2.63. The normalized spacial score (nSPS) is 20.5. The van der Waals surface area contributed by atoms with Crippen LogP contribution >= 0.6 is 11.8 Å². The van der Waals surface area contributed by atoms with Gasteiger partial charge in [0.1, 0.15) is 0 Å². The molecule has 1 fully saturated rings. The molecule has 3 nitrogen and oxygen atoms in total. The number of nitrogens with zero attached hydrogens (tertiary/aromatic N) is 2. The fraction of sp³-hybridized carbons (Fsp3) is 0.917.